The molecular formula is C14H18Cl2Ti-2. The second-order valence-corrected chi connectivity index (χ2v) is 3.29. The van der Waals surface area contributed by atoms with Gasteiger partial charge in [0.25, 0.3) is 0 Å². The number of hydrogen-bond donors (Lipinski definition) is 0. The molecule has 0 radical (unpaired) electrons. The van der Waals surface area contributed by atoms with E-state index in [9.17, 15) is 0 Å². The van der Waals surface area contributed by atoms with Gasteiger partial charge in [0.1, 0.15) is 0 Å². The minimum absolute atomic E-state index is 0. The average molecular weight is 305 g/mol. The van der Waals surface area contributed by atoms with Gasteiger partial charge in [-0.15, -0.1) is 0 Å². The van der Waals surface area contributed by atoms with Crippen LogP contribution in [-0.4, -0.2) is 4.82 Å². The maximum absolute atomic E-state index is 3.25. The van der Waals surface area contributed by atoms with Crippen LogP contribution < -0.4 is 24.8 Å². The predicted octanol–water partition coefficient (Wildman–Crippen LogP) is -2.29. The van der Waals surface area contributed by atoms with Crippen LogP contribution in [0.15, 0.2) is 42.5 Å². The standard InChI is InChI=1S/C8H11.C5H5.CH2.2ClH.Ti/c1-6-4-5-7(2)8(6)3;1-2-4-5-3-1;;;;/h4-5H,1-3H3;1-5H;1H2;2*1H;/q2*-1;;;;+2/p-2. The summed E-state index contributed by atoms with van der Waals surface area (Å²) >= 11 is 1.75. The molecular weight excluding hydrogens is 287 g/mol. The smallest absolute Gasteiger partial charge is 0.172 e. The van der Waals surface area contributed by atoms with Gasteiger partial charge in [-0.05, 0) is 0 Å². The molecule has 0 aromatic heterocycles. The Bertz CT molecular complexity index is 313. The van der Waals surface area contributed by atoms with Crippen LogP contribution in [0, 0.1) is 20.8 Å². The third-order valence-corrected chi connectivity index (χ3v) is 2.32. The van der Waals surface area contributed by atoms with Gasteiger partial charge in [0.2, 0.25) is 0 Å². The Kier molecular flexibility index (Phi) is 18.1. The summed E-state index contributed by atoms with van der Waals surface area (Å²) in [6.45, 7) is 6.44. The second-order valence-electron chi connectivity index (χ2n) is 3.29. The maximum Gasteiger partial charge on any atom is -0.172 e. The largest absolute Gasteiger partial charge is 1.00 e. The monoisotopic (exact) mass is 304 g/mol. The molecule has 2 rings (SSSR count). The first kappa shape index (κ1) is 22.1. The molecule has 2 aromatic carbocycles. The summed E-state index contributed by atoms with van der Waals surface area (Å²) in [6.07, 6.45) is 0. The van der Waals surface area contributed by atoms with Crippen molar-refractivity contribution in [2.75, 3.05) is 0 Å². The number of halogens is 2. The van der Waals surface area contributed by atoms with Crippen molar-refractivity contribution < 1.29 is 44.8 Å². The molecule has 0 amide bonds. The van der Waals surface area contributed by atoms with Crippen LogP contribution in [0.25, 0.3) is 0 Å². The molecule has 0 saturated carbocycles. The fourth-order valence-corrected chi connectivity index (χ4v) is 1.13. The zero-order valence-electron chi connectivity index (χ0n) is 10.5. The fourth-order valence-electron chi connectivity index (χ4n) is 1.13. The van der Waals surface area contributed by atoms with Crippen LogP contribution in [0.1, 0.15) is 16.7 Å². The summed E-state index contributed by atoms with van der Waals surface area (Å²) in [7, 11) is 0. The van der Waals surface area contributed by atoms with E-state index in [1.54, 1.807) is 20.0 Å². The molecule has 0 saturated heterocycles. The van der Waals surface area contributed by atoms with Crippen LogP contribution in [0.2, 0.25) is 0 Å². The third kappa shape index (κ3) is 9.56. The minimum atomic E-state index is 0. The van der Waals surface area contributed by atoms with Crippen LogP contribution in [0.5, 0.6) is 0 Å². The van der Waals surface area contributed by atoms with E-state index >= 15 is 0 Å². The molecule has 94 valence electrons. The van der Waals surface area contributed by atoms with Crippen molar-refractivity contribution in [3.8, 4) is 0 Å². The Morgan fingerprint density at radius 3 is 1.71 bits per heavy atom. The van der Waals surface area contributed by atoms with Gasteiger partial charge in [-0.1, -0.05) is 20.8 Å². The van der Waals surface area contributed by atoms with Gasteiger partial charge < -0.3 is 24.8 Å². The van der Waals surface area contributed by atoms with Crippen LogP contribution >= 0.6 is 0 Å². The van der Waals surface area contributed by atoms with Gasteiger partial charge in [0.15, 0.2) is 0 Å². The molecule has 3 heteroatoms. The molecule has 0 heterocycles. The minimum Gasteiger partial charge on any atom is -1.00 e. The van der Waals surface area contributed by atoms with E-state index in [-0.39, 0.29) is 24.8 Å². The van der Waals surface area contributed by atoms with E-state index in [2.05, 4.69) is 37.7 Å². The summed E-state index contributed by atoms with van der Waals surface area (Å²) in [4.78, 5) is 3.25. The van der Waals surface area contributed by atoms with Crippen molar-refractivity contribution in [2.45, 2.75) is 20.8 Å². The summed E-state index contributed by atoms with van der Waals surface area (Å²) in [6, 6.07) is 14.3. The van der Waals surface area contributed by atoms with Gasteiger partial charge in [0.05, 0.1) is 0 Å². The molecule has 0 nitrogen and oxygen atoms in total. The van der Waals surface area contributed by atoms with Gasteiger partial charge in [0, 0.05) is 0 Å². The molecule has 0 aliphatic heterocycles. The Hall–Kier alpha value is -0.136. The fraction of sp³-hybridized carbons (Fsp3) is 0.214. The average Bonchev–Trinajstić information content (AvgIpc) is 2.92. The van der Waals surface area contributed by atoms with Crippen molar-refractivity contribution in [3.63, 3.8) is 0 Å². The molecule has 0 N–H and O–H groups in total. The zero-order chi connectivity index (χ0) is 11.7. The molecule has 0 spiro atoms. The van der Waals surface area contributed by atoms with Crippen molar-refractivity contribution in [3.05, 3.63) is 59.2 Å². The Morgan fingerprint density at radius 1 is 1.12 bits per heavy atom. The van der Waals surface area contributed by atoms with Crippen molar-refractivity contribution in [2.24, 2.45) is 0 Å². The van der Waals surface area contributed by atoms with Gasteiger partial charge in [-0.3, -0.25) is 0 Å². The number of aryl methyl sites for hydroxylation is 2. The zero-order valence-corrected chi connectivity index (χ0v) is 13.6. The van der Waals surface area contributed by atoms with Crippen LogP contribution in [0.3, 0.4) is 0 Å². The molecule has 0 bridgehead atoms. The third-order valence-electron chi connectivity index (χ3n) is 2.32. The van der Waals surface area contributed by atoms with E-state index in [0.717, 1.165) is 0 Å². The first-order chi connectivity index (χ1) is 7.22. The SMILES string of the molecule is Cc1cc[c-](C)c1C.[CH2]=[Ti+2].[Cl-].[Cl-].c1cc[cH-]c1. The Morgan fingerprint density at radius 2 is 1.59 bits per heavy atom. The molecule has 17 heavy (non-hydrogen) atoms. The van der Waals surface area contributed by atoms with Crippen LogP contribution in [0.4, 0.5) is 0 Å². The number of hydrogen-bond acceptors (Lipinski definition) is 0. The molecule has 0 fully saturated rings. The first-order valence-electron chi connectivity index (χ1n) is 4.93. The quantitative estimate of drug-likeness (QED) is 0.380. The van der Waals surface area contributed by atoms with Gasteiger partial charge >= 0.3 is 24.8 Å². The van der Waals surface area contributed by atoms with E-state index in [1.165, 1.54) is 16.7 Å². The number of rotatable bonds is 0. The van der Waals surface area contributed by atoms with Crippen molar-refractivity contribution in [1.29, 1.82) is 0 Å². The molecule has 0 atom stereocenters. The molecule has 0 unspecified atom stereocenters. The van der Waals surface area contributed by atoms with E-state index in [1.807, 2.05) is 30.3 Å². The molecule has 0 aliphatic carbocycles. The predicted molar refractivity (Wildman–Crippen MR) is 65.4 cm³/mol. The van der Waals surface area contributed by atoms with Crippen molar-refractivity contribution in [1.82, 2.24) is 0 Å². The van der Waals surface area contributed by atoms with Gasteiger partial charge in [-0.25, -0.2) is 18.2 Å². The summed E-state index contributed by atoms with van der Waals surface area (Å²) in [5.74, 6) is 0. The summed E-state index contributed by atoms with van der Waals surface area (Å²) < 4.78 is 0. The Labute approximate surface area is 129 Å². The second kappa shape index (κ2) is 13.9. The topological polar surface area (TPSA) is 0 Å². The van der Waals surface area contributed by atoms with Gasteiger partial charge in [-0.2, -0.15) is 41.0 Å². The summed E-state index contributed by atoms with van der Waals surface area (Å²) in [5.41, 5.74) is 4.25. The van der Waals surface area contributed by atoms with Crippen molar-refractivity contribution >= 4 is 4.82 Å². The van der Waals surface area contributed by atoms with E-state index < -0.39 is 0 Å². The van der Waals surface area contributed by atoms with Crippen LogP contribution in [-0.2, 0) is 20.0 Å². The normalized spacial score (nSPS) is 7.35. The molecule has 2 aromatic rings. The maximum atomic E-state index is 3.25. The first-order valence-corrected chi connectivity index (χ1v) is 6.04. The van der Waals surface area contributed by atoms with E-state index in [0.29, 0.717) is 0 Å². The summed E-state index contributed by atoms with van der Waals surface area (Å²) in [5, 5.41) is 0. The van der Waals surface area contributed by atoms with E-state index in [4.69, 9.17) is 0 Å². The Balaban J connectivity index is -0.000000192. The molecule has 0 aliphatic rings.